The van der Waals surface area contributed by atoms with Crippen LogP contribution in [0.2, 0.25) is 0 Å². The Labute approximate surface area is 74.1 Å². The van der Waals surface area contributed by atoms with Crippen LogP contribution in [0, 0.1) is 5.92 Å². The Morgan fingerprint density at radius 2 is 2.36 bits per heavy atom. The van der Waals surface area contributed by atoms with Crippen molar-refractivity contribution in [2.45, 2.75) is 38.7 Å². The maximum Gasteiger partial charge on any atom is 0.0843 e. The number of hydrogen-bond donors (Lipinski definition) is 0. The van der Waals surface area contributed by atoms with Gasteiger partial charge in [-0.1, -0.05) is 20.3 Å². The monoisotopic (exact) mass is 176 g/mol. The van der Waals surface area contributed by atoms with Crippen molar-refractivity contribution in [2.75, 3.05) is 12.5 Å². The quantitative estimate of drug-likeness (QED) is 0.601. The summed E-state index contributed by atoms with van der Waals surface area (Å²) >= 11 is 5.91. The molecular weight excluding hydrogens is 160 g/mol. The van der Waals surface area contributed by atoms with Crippen LogP contribution in [0.15, 0.2) is 0 Å². The molecule has 1 heterocycles. The normalized spacial score (nSPS) is 34.1. The van der Waals surface area contributed by atoms with Crippen LogP contribution in [0.5, 0.6) is 0 Å². The molecule has 1 rings (SSSR count). The Kier molecular flexibility index (Phi) is 3.20. The first-order valence-corrected chi connectivity index (χ1v) is 4.98. The third kappa shape index (κ3) is 1.70. The largest absolute Gasteiger partial charge is 0.373 e. The summed E-state index contributed by atoms with van der Waals surface area (Å²) < 4.78 is 5.71. The van der Waals surface area contributed by atoms with E-state index in [1.165, 1.54) is 6.42 Å². The van der Waals surface area contributed by atoms with Gasteiger partial charge in [-0.15, -0.1) is 11.6 Å². The summed E-state index contributed by atoms with van der Waals surface area (Å²) in [5.74, 6) is 1.25. The molecule has 0 bridgehead atoms. The summed E-state index contributed by atoms with van der Waals surface area (Å²) in [6.45, 7) is 5.32. The Hall–Kier alpha value is 0.250. The van der Waals surface area contributed by atoms with Gasteiger partial charge in [0.1, 0.15) is 0 Å². The van der Waals surface area contributed by atoms with Crippen LogP contribution in [0.3, 0.4) is 0 Å². The van der Waals surface area contributed by atoms with Gasteiger partial charge in [0.25, 0.3) is 0 Å². The molecule has 1 nitrogen and oxygen atoms in total. The second kappa shape index (κ2) is 3.77. The first-order valence-electron chi connectivity index (χ1n) is 4.45. The Morgan fingerprint density at radius 1 is 1.64 bits per heavy atom. The van der Waals surface area contributed by atoms with E-state index in [4.69, 9.17) is 16.3 Å². The third-order valence-corrected chi connectivity index (χ3v) is 3.32. The maximum absolute atomic E-state index is 5.91. The van der Waals surface area contributed by atoms with Crippen molar-refractivity contribution in [3.63, 3.8) is 0 Å². The molecule has 1 aliphatic heterocycles. The van der Waals surface area contributed by atoms with Crippen molar-refractivity contribution >= 4 is 11.6 Å². The highest BCUT2D eigenvalue weighted by Crippen LogP contribution is 2.35. The minimum absolute atomic E-state index is 0.0102. The average Bonchev–Trinajstić information content (AvgIpc) is 2.52. The summed E-state index contributed by atoms with van der Waals surface area (Å²) in [6.07, 6.45) is 3.48. The molecule has 0 aliphatic carbocycles. The van der Waals surface area contributed by atoms with Crippen molar-refractivity contribution in [1.29, 1.82) is 0 Å². The number of halogens is 1. The van der Waals surface area contributed by atoms with Crippen molar-refractivity contribution < 1.29 is 4.74 Å². The van der Waals surface area contributed by atoms with Crippen molar-refractivity contribution in [2.24, 2.45) is 5.92 Å². The minimum atomic E-state index is 0.0102. The molecule has 2 heteroatoms. The lowest BCUT2D eigenvalue weighted by Gasteiger charge is -2.31. The van der Waals surface area contributed by atoms with Crippen LogP contribution in [-0.4, -0.2) is 18.1 Å². The summed E-state index contributed by atoms with van der Waals surface area (Å²) in [5, 5.41) is 0. The van der Waals surface area contributed by atoms with Crippen molar-refractivity contribution in [3.8, 4) is 0 Å². The van der Waals surface area contributed by atoms with E-state index in [1.807, 2.05) is 0 Å². The van der Waals surface area contributed by atoms with E-state index in [2.05, 4.69) is 13.8 Å². The molecule has 0 radical (unpaired) electrons. The molecule has 1 aliphatic rings. The number of hydrogen-bond acceptors (Lipinski definition) is 1. The van der Waals surface area contributed by atoms with Gasteiger partial charge in [-0.3, -0.25) is 0 Å². The molecular formula is C9H17ClO. The molecule has 0 amide bonds. The zero-order chi connectivity index (χ0) is 8.32. The fourth-order valence-electron chi connectivity index (χ4n) is 1.72. The Morgan fingerprint density at radius 3 is 2.73 bits per heavy atom. The van der Waals surface area contributed by atoms with Gasteiger partial charge in [-0.25, -0.2) is 0 Å². The van der Waals surface area contributed by atoms with E-state index in [0.717, 1.165) is 19.4 Å². The molecule has 66 valence electrons. The average molecular weight is 177 g/mol. The molecule has 0 aromatic rings. The van der Waals surface area contributed by atoms with Crippen LogP contribution < -0.4 is 0 Å². The van der Waals surface area contributed by atoms with Gasteiger partial charge in [0.15, 0.2) is 0 Å². The smallest absolute Gasteiger partial charge is 0.0843 e. The summed E-state index contributed by atoms with van der Waals surface area (Å²) in [4.78, 5) is 0. The van der Waals surface area contributed by atoms with Gasteiger partial charge in [0, 0.05) is 6.61 Å². The molecule has 11 heavy (non-hydrogen) atoms. The van der Waals surface area contributed by atoms with E-state index >= 15 is 0 Å². The molecule has 0 N–H and O–H groups in total. The molecule has 0 aromatic heterocycles. The lowest BCUT2D eigenvalue weighted by molar-refractivity contribution is -0.0210. The molecule has 0 saturated carbocycles. The van der Waals surface area contributed by atoms with E-state index in [0.29, 0.717) is 11.8 Å². The van der Waals surface area contributed by atoms with E-state index in [1.54, 1.807) is 0 Å². The Bertz CT molecular complexity index is 119. The molecule has 2 atom stereocenters. The lowest BCUT2D eigenvalue weighted by atomic mass is 9.86. The zero-order valence-corrected chi connectivity index (χ0v) is 8.16. The van der Waals surface area contributed by atoms with Gasteiger partial charge < -0.3 is 4.74 Å². The standard InChI is InChI=1S/C9H17ClO/c1-3-8(2)9(7-10)5-4-6-11-9/h8H,3-7H2,1-2H3. The van der Waals surface area contributed by atoms with Crippen LogP contribution in [-0.2, 0) is 4.74 Å². The first-order chi connectivity index (χ1) is 5.25. The van der Waals surface area contributed by atoms with Crippen LogP contribution in [0.25, 0.3) is 0 Å². The summed E-state index contributed by atoms with van der Waals surface area (Å²) in [6, 6.07) is 0. The van der Waals surface area contributed by atoms with E-state index in [9.17, 15) is 0 Å². The van der Waals surface area contributed by atoms with Gasteiger partial charge >= 0.3 is 0 Å². The maximum atomic E-state index is 5.91. The topological polar surface area (TPSA) is 9.23 Å². The highest BCUT2D eigenvalue weighted by atomic mass is 35.5. The van der Waals surface area contributed by atoms with Crippen LogP contribution in [0.1, 0.15) is 33.1 Å². The first kappa shape index (κ1) is 9.34. The van der Waals surface area contributed by atoms with Crippen LogP contribution in [0.4, 0.5) is 0 Å². The van der Waals surface area contributed by atoms with Gasteiger partial charge in [-0.05, 0) is 18.8 Å². The highest BCUT2D eigenvalue weighted by molar-refractivity contribution is 6.18. The summed E-state index contributed by atoms with van der Waals surface area (Å²) in [7, 11) is 0. The van der Waals surface area contributed by atoms with Gasteiger partial charge in [0.2, 0.25) is 0 Å². The molecule has 1 fully saturated rings. The third-order valence-electron chi connectivity index (χ3n) is 2.87. The zero-order valence-electron chi connectivity index (χ0n) is 7.40. The molecule has 2 unspecified atom stereocenters. The van der Waals surface area contributed by atoms with Crippen molar-refractivity contribution in [1.82, 2.24) is 0 Å². The lowest BCUT2D eigenvalue weighted by Crippen LogP contribution is -2.37. The second-order valence-corrected chi connectivity index (χ2v) is 3.73. The second-order valence-electron chi connectivity index (χ2n) is 3.46. The minimum Gasteiger partial charge on any atom is -0.373 e. The molecule has 0 aromatic carbocycles. The fraction of sp³-hybridized carbons (Fsp3) is 1.00. The van der Waals surface area contributed by atoms with E-state index < -0.39 is 0 Å². The fourth-order valence-corrected chi connectivity index (χ4v) is 2.19. The number of ether oxygens (including phenoxy) is 1. The van der Waals surface area contributed by atoms with Crippen LogP contribution >= 0.6 is 11.6 Å². The summed E-state index contributed by atoms with van der Waals surface area (Å²) in [5.41, 5.74) is 0.0102. The molecule has 0 spiro atoms. The Balaban J connectivity index is 2.58. The van der Waals surface area contributed by atoms with Crippen molar-refractivity contribution in [3.05, 3.63) is 0 Å². The van der Waals surface area contributed by atoms with Gasteiger partial charge in [0.05, 0.1) is 11.5 Å². The predicted molar refractivity (Wildman–Crippen MR) is 48.1 cm³/mol. The highest BCUT2D eigenvalue weighted by Gasteiger charge is 2.38. The number of alkyl halides is 1. The van der Waals surface area contributed by atoms with E-state index in [-0.39, 0.29) is 5.60 Å². The SMILES string of the molecule is CCC(C)C1(CCl)CCCO1. The number of rotatable bonds is 3. The van der Waals surface area contributed by atoms with Gasteiger partial charge in [-0.2, -0.15) is 0 Å². The predicted octanol–water partition coefficient (Wildman–Crippen LogP) is 2.82. The molecule has 1 saturated heterocycles.